The number of aryl methyl sites for hydroxylation is 4. The minimum Gasteiger partial charge on any atom is -0.472 e. The first-order valence-electron chi connectivity index (χ1n) is 8.04. The lowest BCUT2D eigenvalue weighted by Gasteiger charge is -2.07. The molecule has 0 bridgehead atoms. The fraction of sp³-hybridized carbons (Fsp3) is 0.471. The van der Waals surface area contributed by atoms with E-state index >= 15 is 0 Å². The van der Waals surface area contributed by atoms with Crippen LogP contribution in [0.4, 0.5) is 0 Å². The van der Waals surface area contributed by atoms with Gasteiger partial charge in [-0.2, -0.15) is 0 Å². The topological polar surface area (TPSA) is 61.0 Å². The maximum atomic E-state index is 6.05. The Morgan fingerprint density at radius 3 is 2.87 bits per heavy atom. The summed E-state index contributed by atoms with van der Waals surface area (Å²) >= 11 is 1.79. The molecule has 6 heteroatoms. The second-order valence-electron chi connectivity index (χ2n) is 6.01. The summed E-state index contributed by atoms with van der Waals surface area (Å²) in [5.41, 5.74) is 3.27. The van der Waals surface area contributed by atoms with Crippen LogP contribution in [-0.2, 0) is 19.4 Å². The highest BCUT2D eigenvalue weighted by atomic mass is 32.1. The summed E-state index contributed by atoms with van der Waals surface area (Å²) in [7, 11) is 0. The van der Waals surface area contributed by atoms with Gasteiger partial charge in [0.1, 0.15) is 23.5 Å². The molecule has 0 atom stereocenters. The third kappa shape index (κ3) is 2.61. The second-order valence-corrected chi connectivity index (χ2v) is 7.10. The van der Waals surface area contributed by atoms with E-state index in [1.54, 1.807) is 17.7 Å². The van der Waals surface area contributed by atoms with Gasteiger partial charge in [0, 0.05) is 4.88 Å². The SMILES string of the molecule is Cc1noc(C)c1COc1ncnc2sc3c(c12)CCCCC3. The van der Waals surface area contributed by atoms with E-state index in [1.165, 1.54) is 29.7 Å². The van der Waals surface area contributed by atoms with E-state index in [4.69, 9.17) is 9.26 Å². The molecule has 0 N–H and O–H groups in total. The molecule has 0 unspecified atom stereocenters. The van der Waals surface area contributed by atoms with Crippen LogP contribution in [-0.4, -0.2) is 15.1 Å². The maximum Gasteiger partial charge on any atom is 0.225 e. The molecule has 120 valence electrons. The Kier molecular flexibility index (Phi) is 3.77. The van der Waals surface area contributed by atoms with Gasteiger partial charge in [-0.3, -0.25) is 0 Å². The van der Waals surface area contributed by atoms with Crippen molar-refractivity contribution in [3.63, 3.8) is 0 Å². The molecule has 0 fully saturated rings. The lowest BCUT2D eigenvalue weighted by molar-refractivity contribution is 0.293. The number of nitrogens with zero attached hydrogens (tertiary/aromatic N) is 3. The Labute approximate surface area is 138 Å². The van der Waals surface area contributed by atoms with E-state index in [9.17, 15) is 0 Å². The van der Waals surface area contributed by atoms with Gasteiger partial charge >= 0.3 is 0 Å². The molecule has 3 aromatic rings. The van der Waals surface area contributed by atoms with Crippen LogP contribution in [0.3, 0.4) is 0 Å². The minimum atomic E-state index is 0.428. The van der Waals surface area contributed by atoms with Crippen molar-refractivity contribution in [3.8, 4) is 5.88 Å². The van der Waals surface area contributed by atoms with Crippen LogP contribution in [0.1, 0.15) is 46.7 Å². The van der Waals surface area contributed by atoms with Crippen molar-refractivity contribution in [1.82, 2.24) is 15.1 Å². The van der Waals surface area contributed by atoms with Crippen LogP contribution in [0.5, 0.6) is 5.88 Å². The molecule has 4 rings (SSSR count). The number of hydrogen-bond donors (Lipinski definition) is 0. The zero-order chi connectivity index (χ0) is 15.8. The molecule has 0 radical (unpaired) electrons. The Hall–Kier alpha value is -1.95. The molecule has 3 aromatic heterocycles. The highest BCUT2D eigenvalue weighted by Gasteiger charge is 2.20. The third-order valence-electron chi connectivity index (χ3n) is 4.50. The van der Waals surface area contributed by atoms with Crippen molar-refractivity contribution in [3.05, 3.63) is 33.8 Å². The van der Waals surface area contributed by atoms with Crippen LogP contribution in [0.25, 0.3) is 10.2 Å². The van der Waals surface area contributed by atoms with Gasteiger partial charge < -0.3 is 9.26 Å². The van der Waals surface area contributed by atoms with Gasteiger partial charge in [0.05, 0.1) is 16.6 Å². The number of hydrogen-bond acceptors (Lipinski definition) is 6. The molecule has 3 heterocycles. The largest absolute Gasteiger partial charge is 0.472 e. The van der Waals surface area contributed by atoms with Gasteiger partial charge in [-0.25, -0.2) is 9.97 Å². The summed E-state index contributed by atoms with van der Waals surface area (Å²) in [4.78, 5) is 11.4. The predicted octanol–water partition coefficient (Wildman–Crippen LogP) is 4.14. The predicted molar refractivity (Wildman–Crippen MR) is 89.0 cm³/mol. The van der Waals surface area contributed by atoms with Crippen LogP contribution in [0.15, 0.2) is 10.9 Å². The van der Waals surface area contributed by atoms with Crippen LogP contribution >= 0.6 is 11.3 Å². The molecule has 5 nitrogen and oxygen atoms in total. The van der Waals surface area contributed by atoms with Gasteiger partial charge in [-0.05, 0) is 45.1 Å². The zero-order valence-electron chi connectivity index (χ0n) is 13.4. The van der Waals surface area contributed by atoms with E-state index in [0.717, 1.165) is 40.1 Å². The minimum absolute atomic E-state index is 0.428. The highest BCUT2D eigenvalue weighted by molar-refractivity contribution is 7.18. The summed E-state index contributed by atoms with van der Waals surface area (Å²) in [6.45, 7) is 4.27. The fourth-order valence-electron chi connectivity index (χ4n) is 3.20. The van der Waals surface area contributed by atoms with Crippen molar-refractivity contribution in [1.29, 1.82) is 0 Å². The number of rotatable bonds is 3. The Morgan fingerprint density at radius 1 is 1.17 bits per heavy atom. The number of fused-ring (bicyclic) bond motifs is 3. The number of aromatic nitrogens is 3. The Balaban J connectivity index is 1.71. The van der Waals surface area contributed by atoms with Crippen molar-refractivity contribution in [2.24, 2.45) is 0 Å². The lowest BCUT2D eigenvalue weighted by atomic mass is 10.1. The average Bonchev–Trinajstić information content (AvgIpc) is 2.96. The van der Waals surface area contributed by atoms with E-state index in [-0.39, 0.29) is 0 Å². The molecule has 0 aromatic carbocycles. The van der Waals surface area contributed by atoms with Crippen LogP contribution in [0.2, 0.25) is 0 Å². The van der Waals surface area contributed by atoms with Gasteiger partial charge in [0.25, 0.3) is 0 Å². The van der Waals surface area contributed by atoms with E-state index < -0.39 is 0 Å². The number of ether oxygens (including phenoxy) is 1. The average molecular weight is 329 g/mol. The van der Waals surface area contributed by atoms with E-state index in [2.05, 4.69) is 15.1 Å². The molecule has 0 saturated carbocycles. The first kappa shape index (κ1) is 14.6. The lowest BCUT2D eigenvalue weighted by Crippen LogP contribution is -2.01. The Bertz CT molecular complexity index is 834. The quantitative estimate of drug-likeness (QED) is 0.676. The van der Waals surface area contributed by atoms with Gasteiger partial charge in [-0.15, -0.1) is 11.3 Å². The first-order valence-corrected chi connectivity index (χ1v) is 8.85. The Morgan fingerprint density at radius 2 is 2.04 bits per heavy atom. The van der Waals surface area contributed by atoms with Crippen molar-refractivity contribution >= 4 is 21.6 Å². The molecule has 0 aliphatic heterocycles. The van der Waals surface area contributed by atoms with Gasteiger partial charge in [0.2, 0.25) is 5.88 Å². The first-order chi connectivity index (χ1) is 11.2. The standard InChI is InChI=1S/C17H19N3O2S/c1-10-13(11(2)22-20-10)8-21-16-15-12-6-4-3-5-7-14(12)23-17(15)19-9-18-16/h9H,3-8H2,1-2H3. The molecular formula is C17H19N3O2S. The van der Waals surface area contributed by atoms with Gasteiger partial charge in [0.15, 0.2) is 0 Å². The van der Waals surface area contributed by atoms with Crippen LogP contribution < -0.4 is 4.74 Å². The summed E-state index contributed by atoms with van der Waals surface area (Å²) in [5, 5.41) is 5.09. The normalized spacial score (nSPS) is 14.7. The zero-order valence-corrected chi connectivity index (χ0v) is 14.2. The molecule has 23 heavy (non-hydrogen) atoms. The summed E-state index contributed by atoms with van der Waals surface area (Å²) < 4.78 is 11.2. The van der Waals surface area contributed by atoms with Gasteiger partial charge in [-0.1, -0.05) is 11.6 Å². The molecule has 0 amide bonds. The molecule has 0 spiro atoms. The maximum absolute atomic E-state index is 6.05. The second kappa shape index (κ2) is 5.92. The smallest absolute Gasteiger partial charge is 0.225 e. The highest BCUT2D eigenvalue weighted by Crippen LogP contribution is 2.38. The van der Waals surface area contributed by atoms with E-state index in [0.29, 0.717) is 12.5 Å². The van der Waals surface area contributed by atoms with Crippen LogP contribution in [0, 0.1) is 13.8 Å². The summed E-state index contributed by atoms with van der Waals surface area (Å²) in [6.07, 6.45) is 7.65. The fourth-order valence-corrected chi connectivity index (χ4v) is 4.42. The molecule has 0 saturated heterocycles. The summed E-state index contributed by atoms with van der Waals surface area (Å²) in [6, 6.07) is 0. The molecule has 1 aliphatic carbocycles. The van der Waals surface area contributed by atoms with Crippen molar-refractivity contribution < 1.29 is 9.26 Å². The van der Waals surface area contributed by atoms with Crippen molar-refractivity contribution in [2.45, 2.75) is 52.6 Å². The third-order valence-corrected chi connectivity index (χ3v) is 5.70. The summed E-state index contributed by atoms with van der Waals surface area (Å²) in [5.74, 6) is 1.49. The number of thiophene rings is 1. The molecular weight excluding hydrogens is 310 g/mol. The molecule has 1 aliphatic rings. The monoisotopic (exact) mass is 329 g/mol. The van der Waals surface area contributed by atoms with Crippen molar-refractivity contribution in [2.75, 3.05) is 0 Å². The van der Waals surface area contributed by atoms with E-state index in [1.807, 2.05) is 13.8 Å².